The average molecular weight is 360 g/mol. The Kier molecular flexibility index (Phi) is 4.68. The van der Waals surface area contributed by atoms with Crippen molar-refractivity contribution in [1.29, 1.82) is 0 Å². The molecule has 2 aromatic carbocycles. The van der Waals surface area contributed by atoms with Crippen LogP contribution in [0.15, 0.2) is 24.3 Å². The number of ether oxygens (including phenoxy) is 1. The molecule has 0 bridgehead atoms. The summed E-state index contributed by atoms with van der Waals surface area (Å²) in [7, 11) is 0. The third-order valence-electron chi connectivity index (χ3n) is 2.81. The molecular weight excluding hydrogens is 355 g/mol. The lowest BCUT2D eigenvalue weighted by Crippen LogP contribution is -2.25. The van der Waals surface area contributed by atoms with E-state index in [1.165, 1.54) is 0 Å². The molecule has 2 rings (SSSR count). The lowest BCUT2D eigenvalue weighted by atomic mass is 10.1. The average Bonchev–Trinajstić information content (AvgIpc) is 2.42. The van der Waals surface area contributed by atoms with Gasteiger partial charge in [0.2, 0.25) is 0 Å². The number of hydrogen-bond acceptors (Lipinski definition) is 1. The third-order valence-corrected chi connectivity index (χ3v) is 2.81. The monoisotopic (exact) mass is 360 g/mol. The molecule has 130 valence electrons. The van der Waals surface area contributed by atoms with Gasteiger partial charge in [-0.25, -0.2) is 30.7 Å². The minimum Gasteiger partial charge on any atom is -0.429 e. The summed E-state index contributed by atoms with van der Waals surface area (Å²) < 4.78 is 122. The van der Waals surface area contributed by atoms with Crippen LogP contribution in [0.1, 0.15) is 17.6 Å². The summed E-state index contributed by atoms with van der Waals surface area (Å²) in [5.74, 6) is -11.1. The van der Waals surface area contributed by atoms with E-state index in [1.54, 1.807) is 0 Å². The Balaban J connectivity index is 2.44. The maximum Gasteiger partial charge on any atom is 0.432 e. The van der Waals surface area contributed by atoms with E-state index in [-0.39, 0.29) is 24.3 Å². The predicted octanol–water partition coefficient (Wildman–Crippen LogP) is 5.45. The Labute approximate surface area is 128 Å². The maximum absolute atomic E-state index is 13.8. The molecule has 0 spiro atoms. The smallest absolute Gasteiger partial charge is 0.429 e. The zero-order valence-electron chi connectivity index (χ0n) is 11.2. The molecule has 0 atom stereocenters. The fourth-order valence-electron chi connectivity index (χ4n) is 1.79. The molecule has 0 aromatic heterocycles. The normalized spacial score (nSPS) is 11.9. The number of alkyl halides is 4. The molecule has 1 nitrogen and oxygen atoms in total. The summed E-state index contributed by atoms with van der Waals surface area (Å²) in [4.78, 5) is 0. The standard InChI is InChI=1S/C14H5F9O/c15-7-1-5(13(20)21)2-8(16)11(7)14(22,23)24-6-3-9(17)12(19)10(18)4-6/h1-4,13H. The predicted molar refractivity (Wildman–Crippen MR) is 62.2 cm³/mol. The number of hydrogen-bond donors (Lipinski definition) is 0. The summed E-state index contributed by atoms with van der Waals surface area (Å²) in [6.07, 6.45) is -8.14. The highest BCUT2D eigenvalue weighted by atomic mass is 19.3. The van der Waals surface area contributed by atoms with Gasteiger partial charge in [-0.05, 0) is 12.1 Å². The zero-order chi connectivity index (χ0) is 18.2. The van der Waals surface area contributed by atoms with Gasteiger partial charge in [0.15, 0.2) is 17.5 Å². The molecule has 2 aromatic rings. The van der Waals surface area contributed by atoms with Gasteiger partial charge in [0.1, 0.15) is 22.9 Å². The fraction of sp³-hybridized carbons (Fsp3) is 0.143. The lowest BCUT2D eigenvalue weighted by Gasteiger charge is -2.20. The quantitative estimate of drug-likeness (QED) is 0.521. The summed E-state index contributed by atoms with van der Waals surface area (Å²) in [5.41, 5.74) is -3.24. The molecule has 10 heteroatoms. The molecule has 0 fully saturated rings. The van der Waals surface area contributed by atoms with Crippen LogP contribution in [0.25, 0.3) is 0 Å². The number of halogens is 9. The number of benzene rings is 2. The van der Waals surface area contributed by atoms with Crippen molar-refractivity contribution in [3.63, 3.8) is 0 Å². The zero-order valence-corrected chi connectivity index (χ0v) is 11.2. The maximum atomic E-state index is 13.8. The fourth-order valence-corrected chi connectivity index (χ4v) is 1.79. The van der Waals surface area contributed by atoms with E-state index in [9.17, 15) is 39.5 Å². The van der Waals surface area contributed by atoms with Crippen LogP contribution in [0.2, 0.25) is 0 Å². The van der Waals surface area contributed by atoms with Gasteiger partial charge in [0.05, 0.1) is 0 Å². The van der Waals surface area contributed by atoms with E-state index in [4.69, 9.17) is 0 Å². The van der Waals surface area contributed by atoms with Crippen LogP contribution in [0.5, 0.6) is 5.75 Å². The van der Waals surface area contributed by atoms with Crippen LogP contribution in [0.4, 0.5) is 39.5 Å². The van der Waals surface area contributed by atoms with Crippen molar-refractivity contribution in [2.45, 2.75) is 12.5 Å². The van der Waals surface area contributed by atoms with Crippen molar-refractivity contribution in [3.8, 4) is 5.75 Å². The van der Waals surface area contributed by atoms with Gasteiger partial charge in [-0.2, -0.15) is 8.78 Å². The van der Waals surface area contributed by atoms with Crippen molar-refractivity contribution >= 4 is 0 Å². The molecule has 0 N–H and O–H groups in total. The van der Waals surface area contributed by atoms with E-state index in [1.807, 2.05) is 0 Å². The van der Waals surface area contributed by atoms with E-state index < -0.39 is 58.5 Å². The molecule has 24 heavy (non-hydrogen) atoms. The van der Waals surface area contributed by atoms with Gasteiger partial charge in [-0.15, -0.1) is 0 Å². The van der Waals surface area contributed by atoms with Gasteiger partial charge in [-0.3, -0.25) is 0 Å². The summed E-state index contributed by atoms with van der Waals surface area (Å²) in [6.45, 7) is 0. The Hall–Kier alpha value is -2.39. The van der Waals surface area contributed by atoms with Crippen LogP contribution >= 0.6 is 0 Å². The summed E-state index contributed by atoms with van der Waals surface area (Å²) >= 11 is 0. The van der Waals surface area contributed by atoms with Crippen molar-refractivity contribution in [1.82, 2.24) is 0 Å². The van der Waals surface area contributed by atoms with Crippen LogP contribution in [-0.4, -0.2) is 0 Å². The molecule has 0 saturated carbocycles. The van der Waals surface area contributed by atoms with Gasteiger partial charge in [0.25, 0.3) is 6.43 Å². The van der Waals surface area contributed by atoms with E-state index >= 15 is 0 Å². The SMILES string of the molecule is Fc1cc(OC(F)(F)c2c(F)cc(C(F)F)cc2F)cc(F)c1F. The molecule has 0 radical (unpaired) electrons. The van der Waals surface area contributed by atoms with Crippen LogP contribution in [0.3, 0.4) is 0 Å². The Morgan fingerprint density at radius 3 is 1.62 bits per heavy atom. The van der Waals surface area contributed by atoms with Gasteiger partial charge < -0.3 is 4.74 Å². The van der Waals surface area contributed by atoms with Crippen molar-refractivity contribution in [3.05, 3.63) is 64.5 Å². The van der Waals surface area contributed by atoms with Crippen molar-refractivity contribution < 1.29 is 44.3 Å². The summed E-state index contributed by atoms with van der Waals surface area (Å²) in [6, 6.07) is -0.0241. The second kappa shape index (κ2) is 6.25. The van der Waals surface area contributed by atoms with Crippen LogP contribution in [0, 0.1) is 29.1 Å². The van der Waals surface area contributed by atoms with E-state index in [2.05, 4.69) is 4.74 Å². The molecule has 0 unspecified atom stereocenters. The first-order chi connectivity index (χ1) is 11.0. The minimum absolute atomic E-state index is 0.0235. The molecule has 0 amide bonds. The molecule has 0 heterocycles. The lowest BCUT2D eigenvalue weighted by molar-refractivity contribution is -0.189. The molecule has 0 saturated heterocycles. The Bertz CT molecular complexity index is 727. The Morgan fingerprint density at radius 2 is 1.21 bits per heavy atom. The van der Waals surface area contributed by atoms with Crippen LogP contribution in [-0.2, 0) is 6.11 Å². The van der Waals surface area contributed by atoms with Crippen molar-refractivity contribution in [2.75, 3.05) is 0 Å². The highest BCUT2D eigenvalue weighted by molar-refractivity contribution is 5.31. The molecule has 0 aliphatic rings. The molecule has 0 aliphatic heterocycles. The highest BCUT2D eigenvalue weighted by Crippen LogP contribution is 2.37. The van der Waals surface area contributed by atoms with Gasteiger partial charge >= 0.3 is 6.11 Å². The van der Waals surface area contributed by atoms with E-state index in [0.717, 1.165) is 0 Å². The first-order valence-corrected chi connectivity index (χ1v) is 6.02. The first-order valence-electron chi connectivity index (χ1n) is 6.02. The minimum atomic E-state index is -4.81. The third kappa shape index (κ3) is 3.41. The summed E-state index contributed by atoms with van der Waals surface area (Å²) in [5, 5.41) is 0. The van der Waals surface area contributed by atoms with Crippen LogP contribution < -0.4 is 4.74 Å². The number of rotatable bonds is 4. The highest BCUT2D eigenvalue weighted by Gasteiger charge is 2.41. The van der Waals surface area contributed by atoms with Crippen molar-refractivity contribution in [2.24, 2.45) is 0 Å². The molecular formula is C14H5F9O. The van der Waals surface area contributed by atoms with Gasteiger partial charge in [-0.1, -0.05) is 0 Å². The van der Waals surface area contributed by atoms with E-state index in [0.29, 0.717) is 0 Å². The first kappa shape index (κ1) is 18.0. The largest absolute Gasteiger partial charge is 0.432 e. The second-order valence-electron chi connectivity index (χ2n) is 4.48. The second-order valence-corrected chi connectivity index (χ2v) is 4.48. The molecule has 0 aliphatic carbocycles. The Morgan fingerprint density at radius 1 is 0.750 bits per heavy atom. The van der Waals surface area contributed by atoms with Gasteiger partial charge in [0, 0.05) is 17.7 Å². The topological polar surface area (TPSA) is 9.23 Å².